The van der Waals surface area contributed by atoms with Gasteiger partial charge in [0.05, 0.1) is 22.8 Å². The van der Waals surface area contributed by atoms with Crippen molar-refractivity contribution in [1.29, 1.82) is 0 Å². The number of esters is 1. The fourth-order valence-corrected chi connectivity index (χ4v) is 3.04. The minimum absolute atomic E-state index is 0.263. The summed E-state index contributed by atoms with van der Waals surface area (Å²) in [5, 5.41) is 3.12. The molecule has 1 heterocycles. The Morgan fingerprint density at radius 1 is 1.19 bits per heavy atom. The van der Waals surface area contributed by atoms with Crippen LogP contribution >= 0.6 is 11.8 Å². The number of benzene rings is 2. The van der Waals surface area contributed by atoms with Gasteiger partial charge in [-0.1, -0.05) is 12.1 Å². The van der Waals surface area contributed by atoms with E-state index in [4.69, 9.17) is 4.74 Å². The van der Waals surface area contributed by atoms with Gasteiger partial charge < -0.3 is 10.1 Å². The predicted octanol–water partition coefficient (Wildman–Crippen LogP) is 3.89. The van der Waals surface area contributed by atoms with Crippen LogP contribution in [-0.4, -0.2) is 23.7 Å². The summed E-state index contributed by atoms with van der Waals surface area (Å²) >= 11 is 1.20. The van der Waals surface area contributed by atoms with Gasteiger partial charge in [-0.25, -0.2) is 14.2 Å². The lowest BCUT2D eigenvalue weighted by atomic mass is 10.2. The summed E-state index contributed by atoms with van der Waals surface area (Å²) in [7, 11) is 0. The fraction of sp³-hybridized carbons (Fsp3) is 0.105. The van der Waals surface area contributed by atoms with Crippen molar-refractivity contribution >= 4 is 40.6 Å². The van der Waals surface area contributed by atoms with Gasteiger partial charge in [0.15, 0.2) is 5.17 Å². The molecule has 2 aromatic carbocycles. The zero-order valence-corrected chi connectivity index (χ0v) is 14.7. The third-order valence-corrected chi connectivity index (χ3v) is 4.34. The van der Waals surface area contributed by atoms with Crippen LogP contribution in [0, 0.1) is 5.82 Å². The largest absolute Gasteiger partial charge is 0.462 e. The number of aliphatic imine (C=N–C) groups is 1. The van der Waals surface area contributed by atoms with Gasteiger partial charge in [0.2, 0.25) is 0 Å². The van der Waals surface area contributed by atoms with Crippen LogP contribution < -0.4 is 5.32 Å². The summed E-state index contributed by atoms with van der Waals surface area (Å²) in [6, 6.07) is 12.5. The molecule has 132 valence electrons. The molecule has 2 aromatic rings. The maximum atomic E-state index is 12.9. The smallest absolute Gasteiger partial charge is 0.338 e. The molecule has 0 saturated carbocycles. The van der Waals surface area contributed by atoms with Crippen LogP contribution in [0.2, 0.25) is 0 Å². The number of halogens is 1. The van der Waals surface area contributed by atoms with Gasteiger partial charge in [0.1, 0.15) is 5.82 Å². The van der Waals surface area contributed by atoms with Crippen molar-refractivity contribution in [3.63, 3.8) is 0 Å². The molecule has 1 N–H and O–H groups in total. The molecule has 0 aromatic heterocycles. The Kier molecular flexibility index (Phi) is 5.48. The molecule has 7 heteroatoms. The molecule has 0 spiro atoms. The molecule has 0 radical (unpaired) electrons. The van der Waals surface area contributed by atoms with E-state index >= 15 is 0 Å². The van der Waals surface area contributed by atoms with E-state index in [1.54, 1.807) is 49.4 Å². The number of amides is 1. The van der Waals surface area contributed by atoms with Crippen LogP contribution in [0.4, 0.5) is 10.1 Å². The van der Waals surface area contributed by atoms with Gasteiger partial charge in [-0.15, -0.1) is 0 Å². The van der Waals surface area contributed by atoms with Crippen molar-refractivity contribution in [3.05, 3.63) is 70.4 Å². The van der Waals surface area contributed by atoms with Crippen LogP contribution in [0.25, 0.3) is 6.08 Å². The first-order valence-corrected chi connectivity index (χ1v) is 8.69. The minimum atomic E-state index is -0.389. The number of hydrogen-bond acceptors (Lipinski definition) is 5. The Morgan fingerprint density at radius 3 is 2.54 bits per heavy atom. The third-order valence-electron chi connectivity index (χ3n) is 3.43. The molecule has 1 amide bonds. The van der Waals surface area contributed by atoms with Crippen molar-refractivity contribution in [3.8, 4) is 0 Å². The second-order valence-corrected chi connectivity index (χ2v) is 6.33. The molecule has 1 aliphatic rings. The first kappa shape index (κ1) is 17.9. The Morgan fingerprint density at radius 2 is 1.88 bits per heavy atom. The second-order valence-electron chi connectivity index (χ2n) is 5.30. The topological polar surface area (TPSA) is 67.8 Å². The molecule has 1 aliphatic heterocycles. The Labute approximate surface area is 154 Å². The fourth-order valence-electron chi connectivity index (χ4n) is 2.19. The van der Waals surface area contributed by atoms with Crippen molar-refractivity contribution < 1.29 is 18.7 Å². The lowest BCUT2D eigenvalue weighted by Crippen LogP contribution is -2.19. The van der Waals surface area contributed by atoms with Gasteiger partial charge >= 0.3 is 5.97 Å². The van der Waals surface area contributed by atoms with E-state index < -0.39 is 0 Å². The van der Waals surface area contributed by atoms with E-state index in [0.717, 1.165) is 5.56 Å². The molecule has 0 unspecified atom stereocenters. The van der Waals surface area contributed by atoms with Crippen molar-refractivity contribution in [2.45, 2.75) is 6.92 Å². The maximum absolute atomic E-state index is 12.9. The van der Waals surface area contributed by atoms with E-state index in [0.29, 0.717) is 27.9 Å². The molecule has 26 heavy (non-hydrogen) atoms. The van der Waals surface area contributed by atoms with Crippen LogP contribution in [0.5, 0.6) is 0 Å². The normalized spacial score (nSPS) is 16.8. The van der Waals surface area contributed by atoms with E-state index in [2.05, 4.69) is 10.3 Å². The van der Waals surface area contributed by atoms with Gasteiger partial charge in [-0.3, -0.25) is 4.79 Å². The zero-order valence-electron chi connectivity index (χ0n) is 13.9. The zero-order chi connectivity index (χ0) is 18.5. The quantitative estimate of drug-likeness (QED) is 0.655. The average molecular weight is 370 g/mol. The first-order valence-electron chi connectivity index (χ1n) is 7.87. The van der Waals surface area contributed by atoms with Crippen LogP contribution in [0.3, 0.4) is 0 Å². The van der Waals surface area contributed by atoms with E-state index in [1.807, 2.05) is 0 Å². The number of hydrogen-bond donors (Lipinski definition) is 1. The van der Waals surface area contributed by atoms with Crippen molar-refractivity contribution in [2.75, 3.05) is 6.61 Å². The highest BCUT2D eigenvalue weighted by atomic mass is 32.2. The molecular formula is C19H15FN2O3S. The summed E-state index contributed by atoms with van der Waals surface area (Å²) in [5.41, 5.74) is 1.77. The minimum Gasteiger partial charge on any atom is -0.462 e. The van der Waals surface area contributed by atoms with Gasteiger partial charge in [0.25, 0.3) is 5.91 Å². The molecule has 5 nitrogen and oxygen atoms in total. The monoisotopic (exact) mass is 370 g/mol. The number of carbonyl (C=O) groups is 2. The number of ether oxygens (including phenoxy) is 1. The first-order chi connectivity index (χ1) is 12.5. The van der Waals surface area contributed by atoms with Gasteiger partial charge in [-0.05, 0) is 66.7 Å². The molecule has 0 aliphatic carbocycles. The number of rotatable bonds is 4. The highest BCUT2D eigenvalue weighted by Gasteiger charge is 2.23. The molecule has 1 fully saturated rings. The van der Waals surface area contributed by atoms with Crippen molar-refractivity contribution in [2.24, 2.45) is 4.99 Å². The average Bonchev–Trinajstić information content (AvgIpc) is 2.97. The number of thioether (sulfide) groups is 1. The van der Waals surface area contributed by atoms with Gasteiger partial charge in [-0.2, -0.15) is 0 Å². The van der Waals surface area contributed by atoms with Crippen molar-refractivity contribution in [1.82, 2.24) is 5.32 Å². The standard InChI is InChI=1S/C19H15FN2O3S/c1-2-25-18(24)13-5-9-15(10-6-13)21-19-22-17(23)16(26-19)11-12-3-7-14(20)8-4-12/h3-11H,2H2,1H3,(H,21,22,23)/b16-11-. The molecular weight excluding hydrogens is 355 g/mol. The van der Waals surface area contributed by atoms with Crippen LogP contribution in [0.1, 0.15) is 22.8 Å². The molecule has 0 bridgehead atoms. The summed E-state index contributed by atoms with van der Waals surface area (Å²) < 4.78 is 17.9. The summed E-state index contributed by atoms with van der Waals surface area (Å²) in [6.45, 7) is 2.06. The molecule has 3 rings (SSSR count). The number of nitrogens with one attached hydrogen (secondary N) is 1. The highest BCUT2D eigenvalue weighted by molar-refractivity contribution is 8.18. The maximum Gasteiger partial charge on any atom is 0.338 e. The molecule has 1 saturated heterocycles. The number of nitrogens with zero attached hydrogens (tertiary/aromatic N) is 1. The van der Waals surface area contributed by atoms with E-state index in [-0.39, 0.29) is 17.7 Å². The third kappa shape index (κ3) is 4.37. The second kappa shape index (κ2) is 7.97. The van der Waals surface area contributed by atoms with E-state index in [1.165, 1.54) is 23.9 Å². The summed E-state index contributed by atoms with van der Waals surface area (Å²) in [5.74, 6) is -0.981. The summed E-state index contributed by atoms with van der Waals surface area (Å²) in [4.78, 5) is 28.5. The lowest BCUT2D eigenvalue weighted by molar-refractivity contribution is -0.115. The Hall–Kier alpha value is -2.93. The lowest BCUT2D eigenvalue weighted by Gasteiger charge is -2.02. The van der Waals surface area contributed by atoms with Crippen LogP contribution in [0.15, 0.2) is 58.4 Å². The molecule has 0 atom stereocenters. The van der Waals surface area contributed by atoms with Crippen LogP contribution in [-0.2, 0) is 9.53 Å². The Bertz CT molecular complexity index is 890. The predicted molar refractivity (Wildman–Crippen MR) is 99.6 cm³/mol. The van der Waals surface area contributed by atoms with E-state index in [9.17, 15) is 14.0 Å². The summed E-state index contributed by atoms with van der Waals surface area (Å²) in [6.07, 6.45) is 1.67. The van der Waals surface area contributed by atoms with Gasteiger partial charge in [0, 0.05) is 0 Å². The number of amidine groups is 1. The SMILES string of the molecule is CCOC(=O)c1ccc(N=C2NC(=O)/C(=C/c3ccc(F)cc3)S2)cc1. The number of carbonyl (C=O) groups excluding carboxylic acids is 2. The highest BCUT2D eigenvalue weighted by Crippen LogP contribution is 2.28. The Balaban J connectivity index is 1.73.